The number of carbonyl (C=O) groups is 4. The molecule has 1 heterocycles. The topological polar surface area (TPSA) is 80.8 Å². The third-order valence-electron chi connectivity index (χ3n) is 8.40. The average molecular weight is 576 g/mol. The van der Waals surface area contributed by atoms with E-state index in [1.165, 1.54) is 4.90 Å². The molecule has 3 aromatic carbocycles. The van der Waals surface area contributed by atoms with Gasteiger partial charge in [-0.1, -0.05) is 85.3 Å². The van der Waals surface area contributed by atoms with E-state index in [4.69, 9.17) is 27.9 Å². The first-order chi connectivity index (χ1) is 19.3. The number of hydrogen-bond acceptors (Lipinski definition) is 5. The second-order valence-electron chi connectivity index (χ2n) is 10.6. The first-order valence-electron chi connectivity index (χ1n) is 13.5. The number of likely N-dealkylation sites (tertiary alicyclic amines) is 1. The molecule has 0 N–H and O–H groups in total. The van der Waals surface area contributed by atoms with Crippen LogP contribution in [-0.2, 0) is 28.9 Å². The third-order valence-corrected chi connectivity index (χ3v) is 9.68. The Labute approximate surface area is 242 Å². The van der Waals surface area contributed by atoms with E-state index in [2.05, 4.69) is 0 Å². The molecule has 0 spiro atoms. The van der Waals surface area contributed by atoms with Gasteiger partial charge in [0.25, 0.3) is 0 Å². The molecule has 4 aliphatic rings. The number of ketones is 1. The lowest BCUT2D eigenvalue weighted by molar-refractivity contribution is -0.143. The van der Waals surface area contributed by atoms with Crippen molar-refractivity contribution in [1.29, 1.82) is 0 Å². The molecule has 2 amide bonds. The van der Waals surface area contributed by atoms with Gasteiger partial charge in [-0.15, -0.1) is 23.2 Å². The largest absolute Gasteiger partial charge is 0.457 e. The number of alkyl halides is 2. The van der Waals surface area contributed by atoms with Crippen LogP contribution in [0.1, 0.15) is 58.3 Å². The van der Waals surface area contributed by atoms with Crippen LogP contribution in [0.5, 0.6) is 0 Å². The van der Waals surface area contributed by atoms with Gasteiger partial charge in [0.1, 0.15) is 9.75 Å². The monoisotopic (exact) mass is 575 g/mol. The van der Waals surface area contributed by atoms with E-state index in [9.17, 15) is 19.2 Å². The summed E-state index contributed by atoms with van der Waals surface area (Å²) in [4.78, 5) is 50.8. The Bertz CT molecular complexity index is 1400. The SMILES string of the molecule is O=C(CCCCCN1C(=O)[C@H]2[C@H](C1=O)C1(Cl)c3ccccc3C2(Cl)c2ccccc21)OCC(=O)c1ccccc1. The minimum atomic E-state index is -1.18. The van der Waals surface area contributed by atoms with Crippen LogP contribution in [0.25, 0.3) is 0 Å². The van der Waals surface area contributed by atoms with Crippen LogP contribution in [0.4, 0.5) is 0 Å². The maximum atomic E-state index is 13.8. The molecule has 3 aromatic rings. The maximum Gasteiger partial charge on any atom is 0.306 e. The first-order valence-corrected chi connectivity index (χ1v) is 14.2. The standard InChI is InChI=1S/C32H27Cl2NO5/c33-31-21-13-6-7-14-22(21)32(34,24-16-9-8-15-23(24)31)28-27(31)29(38)35(30(28)39)18-10-2-5-17-26(37)40-19-25(36)20-11-3-1-4-12-20/h1,3-4,6-9,11-16,27-28H,2,5,10,17-19H2/t27-,28-,31?,32?/m1/s1. The number of hydrogen-bond donors (Lipinski definition) is 0. The second kappa shape index (κ2) is 10.2. The summed E-state index contributed by atoms with van der Waals surface area (Å²) in [6, 6.07) is 23.8. The zero-order chi connectivity index (χ0) is 28.1. The number of benzene rings is 3. The van der Waals surface area contributed by atoms with Gasteiger partial charge in [0.2, 0.25) is 11.8 Å². The summed E-state index contributed by atoms with van der Waals surface area (Å²) in [5.74, 6) is -2.93. The van der Waals surface area contributed by atoms with Crippen molar-refractivity contribution in [3.05, 3.63) is 107 Å². The van der Waals surface area contributed by atoms with Gasteiger partial charge >= 0.3 is 5.97 Å². The van der Waals surface area contributed by atoms with Gasteiger partial charge in [-0.3, -0.25) is 24.1 Å². The van der Waals surface area contributed by atoms with Crippen molar-refractivity contribution >= 4 is 46.8 Å². The molecule has 7 rings (SSSR count). The number of ether oxygens (including phenoxy) is 1. The molecule has 0 saturated carbocycles. The fraction of sp³-hybridized carbons (Fsp3) is 0.312. The Morgan fingerprint density at radius 2 is 1.18 bits per heavy atom. The molecule has 3 aliphatic carbocycles. The Morgan fingerprint density at radius 3 is 1.68 bits per heavy atom. The summed E-state index contributed by atoms with van der Waals surface area (Å²) in [6.07, 6.45) is 1.79. The van der Waals surface area contributed by atoms with Crippen molar-refractivity contribution in [3.8, 4) is 0 Å². The number of rotatable bonds is 9. The van der Waals surface area contributed by atoms with Crippen molar-refractivity contribution < 1.29 is 23.9 Å². The lowest BCUT2D eigenvalue weighted by Gasteiger charge is -2.54. The van der Waals surface area contributed by atoms with E-state index in [-0.39, 0.29) is 37.2 Å². The zero-order valence-electron chi connectivity index (χ0n) is 21.6. The molecular weight excluding hydrogens is 549 g/mol. The highest BCUT2D eigenvalue weighted by atomic mass is 35.5. The number of imide groups is 1. The molecule has 0 unspecified atom stereocenters. The lowest BCUT2D eigenvalue weighted by atomic mass is 9.54. The molecule has 6 nitrogen and oxygen atoms in total. The van der Waals surface area contributed by atoms with Crippen LogP contribution in [0.15, 0.2) is 78.9 Å². The Morgan fingerprint density at radius 1 is 0.700 bits per heavy atom. The van der Waals surface area contributed by atoms with E-state index >= 15 is 0 Å². The summed E-state index contributed by atoms with van der Waals surface area (Å²) in [7, 11) is 0. The van der Waals surface area contributed by atoms with E-state index in [0.717, 1.165) is 22.3 Å². The fourth-order valence-electron chi connectivity index (χ4n) is 6.59. The zero-order valence-corrected chi connectivity index (χ0v) is 23.2. The van der Waals surface area contributed by atoms with Gasteiger partial charge in [0.15, 0.2) is 12.4 Å². The smallest absolute Gasteiger partial charge is 0.306 e. The number of Topliss-reactive ketones (excluding diaryl/α,β-unsaturated/α-hetero) is 1. The van der Waals surface area contributed by atoms with Gasteiger partial charge < -0.3 is 4.74 Å². The number of carbonyl (C=O) groups excluding carboxylic acids is 4. The first kappa shape index (κ1) is 26.7. The quantitative estimate of drug-likeness (QED) is 0.110. The molecular formula is C32H27Cl2NO5. The lowest BCUT2D eigenvalue weighted by Crippen LogP contribution is -2.57. The van der Waals surface area contributed by atoms with Crippen molar-refractivity contribution in [1.82, 2.24) is 4.90 Å². The normalized spacial score (nSPS) is 25.8. The molecule has 2 bridgehead atoms. The number of unbranched alkanes of at least 4 members (excludes halogenated alkanes) is 2. The second-order valence-corrected chi connectivity index (χ2v) is 11.8. The summed E-state index contributed by atoms with van der Waals surface area (Å²) >= 11 is 14.8. The predicted octanol–water partition coefficient (Wildman–Crippen LogP) is 5.57. The summed E-state index contributed by atoms with van der Waals surface area (Å²) in [6.45, 7) is -0.0770. The van der Waals surface area contributed by atoms with Gasteiger partial charge in [-0.2, -0.15) is 0 Å². The molecule has 1 aliphatic heterocycles. The molecule has 204 valence electrons. The Balaban J connectivity index is 1.10. The van der Waals surface area contributed by atoms with E-state index in [0.29, 0.717) is 24.8 Å². The highest BCUT2D eigenvalue weighted by molar-refractivity contribution is 6.36. The minimum absolute atomic E-state index is 0.148. The van der Waals surface area contributed by atoms with E-state index < -0.39 is 27.6 Å². The predicted molar refractivity (Wildman–Crippen MR) is 150 cm³/mol. The van der Waals surface area contributed by atoms with Crippen molar-refractivity contribution in [2.75, 3.05) is 13.2 Å². The van der Waals surface area contributed by atoms with Gasteiger partial charge in [0, 0.05) is 18.5 Å². The van der Waals surface area contributed by atoms with Crippen LogP contribution >= 0.6 is 23.2 Å². The summed E-state index contributed by atoms with van der Waals surface area (Å²) < 4.78 is 5.11. The van der Waals surface area contributed by atoms with Crippen LogP contribution in [0.2, 0.25) is 0 Å². The van der Waals surface area contributed by atoms with Gasteiger partial charge in [-0.05, 0) is 35.1 Å². The Hall–Kier alpha value is -3.48. The molecule has 0 aromatic heterocycles. The van der Waals surface area contributed by atoms with Crippen LogP contribution < -0.4 is 0 Å². The van der Waals surface area contributed by atoms with E-state index in [1.54, 1.807) is 24.3 Å². The van der Waals surface area contributed by atoms with Crippen LogP contribution in [0, 0.1) is 11.8 Å². The number of nitrogens with zero attached hydrogens (tertiary/aromatic N) is 1. The molecule has 0 radical (unpaired) electrons. The van der Waals surface area contributed by atoms with Gasteiger partial charge in [0.05, 0.1) is 11.8 Å². The fourth-order valence-corrected chi connectivity index (χ4v) is 7.68. The van der Waals surface area contributed by atoms with Crippen LogP contribution in [0.3, 0.4) is 0 Å². The highest BCUT2D eigenvalue weighted by Crippen LogP contribution is 2.69. The Kier molecular flexibility index (Phi) is 6.79. The minimum Gasteiger partial charge on any atom is -0.457 e. The average Bonchev–Trinajstić information content (AvgIpc) is 3.25. The molecule has 8 heteroatoms. The van der Waals surface area contributed by atoms with Gasteiger partial charge in [-0.25, -0.2) is 0 Å². The number of amides is 2. The molecule has 40 heavy (non-hydrogen) atoms. The third kappa shape index (κ3) is 3.92. The van der Waals surface area contributed by atoms with Crippen molar-refractivity contribution in [3.63, 3.8) is 0 Å². The number of halogens is 2. The van der Waals surface area contributed by atoms with E-state index in [1.807, 2.05) is 54.6 Å². The summed E-state index contributed by atoms with van der Waals surface area (Å²) in [5.41, 5.74) is 3.60. The maximum absolute atomic E-state index is 13.8. The molecule has 2 atom stereocenters. The van der Waals surface area contributed by atoms with Crippen molar-refractivity contribution in [2.45, 2.75) is 35.4 Å². The molecule has 1 fully saturated rings. The van der Waals surface area contributed by atoms with Crippen LogP contribution in [-0.4, -0.2) is 41.6 Å². The van der Waals surface area contributed by atoms with Crippen molar-refractivity contribution in [2.24, 2.45) is 11.8 Å². The number of esters is 1. The highest BCUT2D eigenvalue weighted by Gasteiger charge is 2.72. The molecule has 1 saturated heterocycles. The summed E-state index contributed by atoms with van der Waals surface area (Å²) in [5, 5.41) is 0.